The van der Waals surface area contributed by atoms with E-state index in [1.54, 1.807) is 11.1 Å². The van der Waals surface area contributed by atoms with Gasteiger partial charge in [-0.25, -0.2) is 4.98 Å². The molecule has 1 amide bonds. The molecule has 1 aliphatic rings. The Kier molecular flexibility index (Phi) is 5.62. The van der Waals surface area contributed by atoms with E-state index >= 15 is 0 Å². The van der Waals surface area contributed by atoms with E-state index in [1.807, 2.05) is 26.0 Å². The molecule has 2 atom stereocenters. The highest BCUT2D eigenvalue weighted by Crippen LogP contribution is 2.20. The molecule has 2 N–H and O–H groups in total. The number of carbonyl (C=O) groups is 1. The molecule has 130 valence electrons. The number of pyridine rings is 1. The fourth-order valence-electron chi connectivity index (χ4n) is 3.12. The number of aryl methyl sites for hydroxylation is 1. The van der Waals surface area contributed by atoms with E-state index < -0.39 is 0 Å². The molecule has 1 aliphatic heterocycles. The number of likely N-dealkylation sites (tertiary alicyclic amines) is 1. The molecule has 1 saturated heterocycles. The number of fused-ring (bicyclic) bond motifs is 1. The number of amides is 1. The zero-order chi connectivity index (χ0) is 16.6. The van der Waals surface area contributed by atoms with Crippen molar-refractivity contribution in [2.45, 2.75) is 32.7 Å². The van der Waals surface area contributed by atoms with Crippen molar-refractivity contribution >= 4 is 24.0 Å². The minimum Gasteiger partial charge on any atom is -0.338 e. The van der Waals surface area contributed by atoms with Gasteiger partial charge in [0.2, 0.25) is 0 Å². The Balaban J connectivity index is 0.00000208. The van der Waals surface area contributed by atoms with Crippen LogP contribution in [0.15, 0.2) is 29.3 Å². The second-order valence-electron chi connectivity index (χ2n) is 6.42. The van der Waals surface area contributed by atoms with E-state index in [2.05, 4.69) is 4.98 Å². The number of hydrogen-bond acceptors (Lipinski definition) is 4. The second-order valence-corrected chi connectivity index (χ2v) is 6.42. The van der Waals surface area contributed by atoms with Crippen molar-refractivity contribution in [1.29, 1.82) is 0 Å². The van der Waals surface area contributed by atoms with Crippen molar-refractivity contribution in [3.63, 3.8) is 0 Å². The van der Waals surface area contributed by atoms with Crippen molar-refractivity contribution in [3.8, 4) is 0 Å². The summed E-state index contributed by atoms with van der Waals surface area (Å²) in [5, 5.41) is 0. The quantitative estimate of drug-likeness (QED) is 0.892. The highest BCUT2D eigenvalue weighted by atomic mass is 35.5. The maximum atomic E-state index is 12.7. The first-order valence-corrected chi connectivity index (χ1v) is 8.00. The van der Waals surface area contributed by atoms with Crippen LogP contribution in [0.2, 0.25) is 0 Å². The minimum absolute atomic E-state index is 0. The van der Waals surface area contributed by atoms with Gasteiger partial charge in [0.1, 0.15) is 11.2 Å². The van der Waals surface area contributed by atoms with Gasteiger partial charge in [0.25, 0.3) is 11.5 Å². The van der Waals surface area contributed by atoms with Gasteiger partial charge in [0.15, 0.2) is 0 Å². The predicted molar refractivity (Wildman–Crippen MR) is 95.7 cm³/mol. The van der Waals surface area contributed by atoms with Gasteiger partial charge >= 0.3 is 0 Å². The van der Waals surface area contributed by atoms with Crippen molar-refractivity contribution in [2.75, 3.05) is 13.1 Å². The van der Waals surface area contributed by atoms with Crippen LogP contribution in [0.25, 0.3) is 5.65 Å². The van der Waals surface area contributed by atoms with Crippen LogP contribution in [0.5, 0.6) is 0 Å². The van der Waals surface area contributed by atoms with E-state index in [4.69, 9.17) is 5.73 Å². The molecule has 1 fully saturated rings. The number of rotatable bonds is 2. The van der Waals surface area contributed by atoms with Gasteiger partial charge in [-0.3, -0.25) is 14.0 Å². The molecule has 3 heterocycles. The van der Waals surface area contributed by atoms with Gasteiger partial charge < -0.3 is 10.6 Å². The number of piperidine rings is 1. The van der Waals surface area contributed by atoms with Crippen molar-refractivity contribution in [2.24, 2.45) is 11.7 Å². The Bertz CT molecular complexity index is 803. The van der Waals surface area contributed by atoms with Crippen molar-refractivity contribution < 1.29 is 4.79 Å². The lowest BCUT2D eigenvalue weighted by Crippen LogP contribution is -2.46. The fourth-order valence-corrected chi connectivity index (χ4v) is 3.12. The highest BCUT2D eigenvalue weighted by Gasteiger charge is 2.28. The van der Waals surface area contributed by atoms with Crippen LogP contribution in [0.3, 0.4) is 0 Å². The molecule has 0 spiro atoms. The lowest BCUT2D eigenvalue weighted by molar-refractivity contribution is 0.0658. The van der Waals surface area contributed by atoms with Gasteiger partial charge in [-0.05, 0) is 50.3 Å². The van der Waals surface area contributed by atoms with Crippen molar-refractivity contribution in [1.82, 2.24) is 14.3 Å². The van der Waals surface area contributed by atoms with E-state index in [-0.39, 0.29) is 41.4 Å². The van der Waals surface area contributed by atoms with Crippen LogP contribution in [0.4, 0.5) is 0 Å². The normalized spacial score (nSPS) is 19.0. The number of nitrogens with two attached hydrogens (primary N) is 1. The Morgan fingerprint density at radius 3 is 2.92 bits per heavy atom. The molecule has 0 saturated carbocycles. The smallest absolute Gasteiger partial charge is 0.270 e. The summed E-state index contributed by atoms with van der Waals surface area (Å²) in [5.41, 5.74) is 7.35. The summed E-state index contributed by atoms with van der Waals surface area (Å²) in [6.07, 6.45) is 5.00. The number of nitrogens with zero attached hydrogens (tertiary/aromatic N) is 3. The Morgan fingerprint density at radius 1 is 1.46 bits per heavy atom. The summed E-state index contributed by atoms with van der Waals surface area (Å²) in [5.74, 6) is 0.0364. The average Bonchev–Trinajstić information content (AvgIpc) is 2.54. The molecule has 2 aromatic heterocycles. The monoisotopic (exact) mass is 350 g/mol. The maximum absolute atomic E-state index is 12.7. The Labute approximate surface area is 147 Å². The molecular formula is C17H23ClN4O2. The standard InChI is InChI=1S/C17H22N4O2.ClH/c1-11-5-7-21-15(8-11)19-9-14(17(21)23)16(22)20-6-3-4-13(10-20)12(2)18;/h5,7-9,12-13H,3-4,6,10,18H2,1-2H3;1H. The maximum Gasteiger partial charge on any atom is 0.270 e. The van der Waals surface area contributed by atoms with Gasteiger partial charge in [-0.15, -0.1) is 12.4 Å². The molecule has 2 aromatic rings. The Morgan fingerprint density at radius 2 is 2.21 bits per heavy atom. The zero-order valence-corrected chi connectivity index (χ0v) is 14.8. The number of hydrogen-bond donors (Lipinski definition) is 1. The minimum atomic E-state index is -0.317. The largest absolute Gasteiger partial charge is 0.338 e. The van der Waals surface area contributed by atoms with E-state index in [0.717, 1.165) is 18.4 Å². The molecule has 2 unspecified atom stereocenters. The number of halogens is 1. The zero-order valence-electron chi connectivity index (χ0n) is 13.9. The van der Waals surface area contributed by atoms with Crippen LogP contribution >= 0.6 is 12.4 Å². The molecule has 0 aromatic carbocycles. The summed E-state index contributed by atoms with van der Waals surface area (Å²) in [6, 6.07) is 3.70. The first-order valence-electron chi connectivity index (χ1n) is 8.00. The summed E-state index contributed by atoms with van der Waals surface area (Å²) in [4.78, 5) is 31.3. The van der Waals surface area contributed by atoms with Crippen LogP contribution in [-0.4, -0.2) is 39.3 Å². The number of aromatic nitrogens is 2. The molecular weight excluding hydrogens is 328 g/mol. The average molecular weight is 351 g/mol. The van der Waals surface area contributed by atoms with Crippen LogP contribution in [0.1, 0.15) is 35.7 Å². The fraction of sp³-hybridized carbons (Fsp3) is 0.471. The molecule has 0 aliphatic carbocycles. The van der Waals surface area contributed by atoms with Gasteiger partial charge in [-0.2, -0.15) is 0 Å². The SMILES string of the molecule is Cc1ccn2c(=O)c(C(=O)N3CCCC(C(C)N)C3)cnc2c1.Cl. The predicted octanol–water partition coefficient (Wildman–Crippen LogP) is 1.62. The second kappa shape index (κ2) is 7.32. The highest BCUT2D eigenvalue weighted by molar-refractivity contribution is 5.93. The lowest BCUT2D eigenvalue weighted by atomic mass is 9.92. The molecule has 6 nitrogen and oxygen atoms in total. The van der Waals surface area contributed by atoms with E-state index in [1.165, 1.54) is 10.6 Å². The van der Waals surface area contributed by atoms with E-state index in [0.29, 0.717) is 18.7 Å². The van der Waals surface area contributed by atoms with Gasteiger partial charge in [0, 0.05) is 31.5 Å². The third-order valence-electron chi connectivity index (χ3n) is 4.58. The summed E-state index contributed by atoms with van der Waals surface area (Å²) < 4.78 is 1.42. The first-order chi connectivity index (χ1) is 11.0. The van der Waals surface area contributed by atoms with Gasteiger partial charge in [0.05, 0.1) is 0 Å². The summed E-state index contributed by atoms with van der Waals surface area (Å²) >= 11 is 0. The molecule has 0 radical (unpaired) electrons. The third-order valence-corrected chi connectivity index (χ3v) is 4.58. The lowest BCUT2D eigenvalue weighted by Gasteiger charge is -2.34. The summed E-state index contributed by atoms with van der Waals surface area (Å²) in [6.45, 7) is 5.17. The topological polar surface area (TPSA) is 80.7 Å². The number of carbonyl (C=O) groups excluding carboxylic acids is 1. The van der Waals surface area contributed by atoms with E-state index in [9.17, 15) is 9.59 Å². The third kappa shape index (κ3) is 3.44. The van der Waals surface area contributed by atoms with Crippen LogP contribution < -0.4 is 11.3 Å². The van der Waals surface area contributed by atoms with Crippen molar-refractivity contribution in [3.05, 3.63) is 46.0 Å². The molecule has 24 heavy (non-hydrogen) atoms. The van der Waals surface area contributed by atoms with Crippen LogP contribution in [-0.2, 0) is 0 Å². The molecule has 3 rings (SSSR count). The van der Waals surface area contributed by atoms with Crippen LogP contribution in [0, 0.1) is 12.8 Å². The molecule has 0 bridgehead atoms. The molecule has 7 heteroatoms. The first kappa shape index (κ1) is 18.4. The Hall–Kier alpha value is -1.92. The van der Waals surface area contributed by atoms with Gasteiger partial charge in [-0.1, -0.05) is 0 Å². The summed E-state index contributed by atoms with van der Waals surface area (Å²) in [7, 11) is 0.